The first-order valence-corrected chi connectivity index (χ1v) is 9.93. The zero-order valence-corrected chi connectivity index (χ0v) is 16.6. The molecule has 1 aromatic heterocycles. The minimum atomic E-state index is -0.142. The van der Waals surface area contributed by atoms with Crippen molar-refractivity contribution < 1.29 is 14.3 Å². The van der Waals surface area contributed by atoms with E-state index in [-0.39, 0.29) is 18.4 Å². The van der Waals surface area contributed by atoms with Crippen LogP contribution < -0.4 is 10.1 Å². The number of benzene rings is 2. The number of nitrogens with zero attached hydrogens (tertiary/aromatic N) is 2. The van der Waals surface area contributed by atoms with Gasteiger partial charge >= 0.3 is 0 Å². The molecule has 1 aliphatic rings. The summed E-state index contributed by atoms with van der Waals surface area (Å²) in [6.07, 6.45) is 4.22. The highest BCUT2D eigenvalue weighted by Gasteiger charge is 2.22. The average molecular weight is 401 g/mol. The third-order valence-corrected chi connectivity index (χ3v) is 5.05. The Morgan fingerprint density at radius 3 is 2.63 bits per heavy atom. The van der Waals surface area contributed by atoms with Crippen molar-refractivity contribution in [2.45, 2.75) is 19.5 Å². The Labute approximate surface area is 175 Å². The van der Waals surface area contributed by atoms with Gasteiger partial charge in [-0.15, -0.1) is 0 Å². The summed E-state index contributed by atoms with van der Waals surface area (Å²) in [7, 11) is 0. The van der Waals surface area contributed by atoms with Crippen LogP contribution in [-0.4, -0.2) is 34.8 Å². The fraction of sp³-hybridized carbons (Fsp3) is 0.208. The molecule has 2 aromatic carbocycles. The summed E-state index contributed by atoms with van der Waals surface area (Å²) in [4.78, 5) is 30.8. The maximum Gasteiger partial charge on any atom is 0.261 e. The van der Waals surface area contributed by atoms with Crippen molar-refractivity contribution in [3.05, 3.63) is 95.3 Å². The number of amides is 2. The molecule has 0 saturated heterocycles. The highest BCUT2D eigenvalue weighted by molar-refractivity contribution is 5.94. The molecule has 0 unspecified atom stereocenters. The van der Waals surface area contributed by atoms with Crippen molar-refractivity contribution in [2.75, 3.05) is 13.2 Å². The molecule has 152 valence electrons. The number of ether oxygens (including phenoxy) is 1. The van der Waals surface area contributed by atoms with Crippen molar-refractivity contribution in [3.63, 3.8) is 0 Å². The molecule has 3 aromatic rings. The van der Waals surface area contributed by atoms with Gasteiger partial charge in [0, 0.05) is 43.2 Å². The molecule has 1 aliphatic heterocycles. The molecule has 2 amide bonds. The third-order valence-electron chi connectivity index (χ3n) is 5.05. The summed E-state index contributed by atoms with van der Waals surface area (Å²) < 4.78 is 5.67. The SMILES string of the molecule is O=C(NCCc1ccncc1)c1ccc2c(c1)CN(Cc1ccccc1)C(=O)CO2. The zero-order valence-electron chi connectivity index (χ0n) is 16.6. The first-order chi connectivity index (χ1) is 14.7. The summed E-state index contributed by atoms with van der Waals surface area (Å²) in [5.41, 5.74) is 3.56. The van der Waals surface area contributed by atoms with Gasteiger partial charge in [0.15, 0.2) is 6.61 Å². The fourth-order valence-electron chi connectivity index (χ4n) is 3.43. The number of carbonyl (C=O) groups excluding carboxylic acids is 2. The number of hydrogen-bond donors (Lipinski definition) is 1. The van der Waals surface area contributed by atoms with Gasteiger partial charge in [0.2, 0.25) is 0 Å². The van der Waals surface area contributed by atoms with E-state index in [0.717, 1.165) is 23.1 Å². The molecule has 0 saturated carbocycles. The van der Waals surface area contributed by atoms with Crippen LogP contribution in [0.1, 0.15) is 27.0 Å². The Morgan fingerprint density at radius 1 is 1.03 bits per heavy atom. The van der Waals surface area contributed by atoms with E-state index in [9.17, 15) is 9.59 Å². The van der Waals surface area contributed by atoms with Gasteiger partial charge in [-0.2, -0.15) is 0 Å². The van der Waals surface area contributed by atoms with Crippen LogP contribution in [0, 0.1) is 0 Å². The van der Waals surface area contributed by atoms with Crippen LogP contribution in [0.3, 0.4) is 0 Å². The highest BCUT2D eigenvalue weighted by Crippen LogP contribution is 2.25. The second-order valence-corrected chi connectivity index (χ2v) is 7.21. The lowest BCUT2D eigenvalue weighted by Gasteiger charge is -2.20. The molecule has 0 bridgehead atoms. The van der Waals surface area contributed by atoms with Crippen LogP contribution in [0.2, 0.25) is 0 Å². The Kier molecular flexibility index (Phi) is 6.03. The van der Waals surface area contributed by atoms with E-state index >= 15 is 0 Å². The number of hydrogen-bond acceptors (Lipinski definition) is 4. The number of rotatable bonds is 6. The van der Waals surface area contributed by atoms with Crippen LogP contribution in [0.25, 0.3) is 0 Å². The average Bonchev–Trinajstić information content (AvgIpc) is 2.93. The van der Waals surface area contributed by atoms with Crippen LogP contribution in [0.4, 0.5) is 0 Å². The Bertz CT molecular complexity index is 1020. The van der Waals surface area contributed by atoms with Crippen molar-refractivity contribution in [3.8, 4) is 5.75 Å². The van der Waals surface area contributed by atoms with Crippen LogP contribution in [0.15, 0.2) is 73.1 Å². The number of fused-ring (bicyclic) bond motifs is 1. The van der Waals surface area contributed by atoms with Crippen molar-refractivity contribution in [1.29, 1.82) is 0 Å². The molecule has 30 heavy (non-hydrogen) atoms. The predicted molar refractivity (Wildman–Crippen MR) is 113 cm³/mol. The molecule has 0 aliphatic carbocycles. The second kappa shape index (κ2) is 9.22. The number of carbonyl (C=O) groups is 2. The van der Waals surface area contributed by atoms with Crippen LogP contribution >= 0.6 is 0 Å². The third kappa shape index (κ3) is 4.84. The van der Waals surface area contributed by atoms with E-state index in [1.807, 2.05) is 48.5 Å². The summed E-state index contributed by atoms with van der Waals surface area (Å²) in [6, 6.07) is 19.0. The number of nitrogens with one attached hydrogen (secondary N) is 1. The predicted octanol–water partition coefficient (Wildman–Crippen LogP) is 2.98. The minimum absolute atomic E-state index is 0.00267. The molecule has 4 rings (SSSR count). The lowest BCUT2D eigenvalue weighted by Crippen LogP contribution is -2.31. The first-order valence-electron chi connectivity index (χ1n) is 9.93. The first kappa shape index (κ1) is 19.6. The maximum absolute atomic E-state index is 12.6. The van der Waals surface area contributed by atoms with E-state index in [0.29, 0.717) is 30.9 Å². The molecular formula is C24H23N3O3. The largest absolute Gasteiger partial charge is 0.483 e. The lowest BCUT2D eigenvalue weighted by atomic mass is 10.1. The van der Waals surface area contributed by atoms with Crippen molar-refractivity contribution in [1.82, 2.24) is 15.2 Å². The molecule has 6 nitrogen and oxygen atoms in total. The highest BCUT2D eigenvalue weighted by atomic mass is 16.5. The molecular weight excluding hydrogens is 378 g/mol. The Balaban J connectivity index is 1.43. The molecule has 0 atom stereocenters. The summed E-state index contributed by atoms with van der Waals surface area (Å²) in [5, 5.41) is 2.95. The van der Waals surface area contributed by atoms with Gasteiger partial charge in [0.05, 0.1) is 0 Å². The second-order valence-electron chi connectivity index (χ2n) is 7.21. The van der Waals surface area contributed by atoms with Crippen LogP contribution in [-0.2, 0) is 24.3 Å². The van der Waals surface area contributed by atoms with E-state index in [1.165, 1.54) is 0 Å². The van der Waals surface area contributed by atoms with Gasteiger partial charge < -0.3 is 15.0 Å². The standard InChI is InChI=1S/C24H23N3O3/c28-23-17-30-22-7-6-20(24(29)26-13-10-18-8-11-25-12-9-18)14-21(22)16-27(23)15-19-4-2-1-3-5-19/h1-9,11-12,14H,10,13,15-17H2,(H,26,29). The Morgan fingerprint density at radius 2 is 1.83 bits per heavy atom. The van der Waals surface area contributed by atoms with E-state index < -0.39 is 0 Å². The molecule has 0 fully saturated rings. The monoisotopic (exact) mass is 401 g/mol. The lowest BCUT2D eigenvalue weighted by molar-refractivity contribution is -0.133. The Hall–Kier alpha value is -3.67. The van der Waals surface area contributed by atoms with E-state index in [2.05, 4.69) is 10.3 Å². The van der Waals surface area contributed by atoms with E-state index in [1.54, 1.807) is 29.4 Å². The number of pyridine rings is 1. The maximum atomic E-state index is 12.6. The van der Waals surface area contributed by atoms with Crippen LogP contribution in [0.5, 0.6) is 5.75 Å². The van der Waals surface area contributed by atoms with Crippen molar-refractivity contribution in [2.24, 2.45) is 0 Å². The quantitative estimate of drug-likeness (QED) is 0.689. The summed E-state index contributed by atoms with van der Waals surface area (Å²) in [5.74, 6) is 0.433. The molecule has 2 heterocycles. The van der Waals surface area contributed by atoms with E-state index in [4.69, 9.17) is 4.74 Å². The van der Waals surface area contributed by atoms with Crippen molar-refractivity contribution >= 4 is 11.8 Å². The topological polar surface area (TPSA) is 71.5 Å². The van der Waals surface area contributed by atoms with Gasteiger partial charge in [0.1, 0.15) is 5.75 Å². The summed E-state index contributed by atoms with van der Waals surface area (Å²) >= 11 is 0. The number of aromatic nitrogens is 1. The van der Waals surface area contributed by atoms with Gasteiger partial charge in [-0.3, -0.25) is 14.6 Å². The van der Waals surface area contributed by atoms with Gasteiger partial charge in [-0.1, -0.05) is 30.3 Å². The molecule has 0 radical (unpaired) electrons. The van der Waals surface area contributed by atoms with Gasteiger partial charge in [-0.25, -0.2) is 0 Å². The molecule has 1 N–H and O–H groups in total. The smallest absolute Gasteiger partial charge is 0.261 e. The minimum Gasteiger partial charge on any atom is -0.483 e. The van der Waals surface area contributed by atoms with Gasteiger partial charge in [0.25, 0.3) is 11.8 Å². The molecule has 6 heteroatoms. The normalized spacial score (nSPS) is 13.2. The summed E-state index contributed by atoms with van der Waals surface area (Å²) in [6.45, 7) is 1.44. The fourth-order valence-corrected chi connectivity index (χ4v) is 3.43. The molecule has 0 spiro atoms. The van der Waals surface area contributed by atoms with Gasteiger partial charge in [-0.05, 0) is 47.9 Å². The zero-order chi connectivity index (χ0) is 20.8.